The normalized spacial score (nSPS) is 15.1. The molecule has 0 unspecified atom stereocenters. The summed E-state index contributed by atoms with van der Waals surface area (Å²) in [6.07, 6.45) is 1.88. The zero-order valence-corrected chi connectivity index (χ0v) is 10.7. The van der Waals surface area contributed by atoms with Crippen molar-refractivity contribution < 1.29 is 4.92 Å². The molecule has 0 amide bonds. The van der Waals surface area contributed by atoms with Crippen LogP contribution >= 0.6 is 0 Å². The number of nitrogens with zero attached hydrogens (tertiary/aromatic N) is 2. The third-order valence-electron chi connectivity index (χ3n) is 3.34. The molecule has 100 valence electrons. The predicted molar refractivity (Wildman–Crippen MR) is 78.0 cm³/mol. The van der Waals surface area contributed by atoms with Gasteiger partial charge in [0, 0.05) is 17.7 Å². The Labute approximate surface area is 116 Å². The number of nitro groups is 1. The van der Waals surface area contributed by atoms with Crippen LogP contribution in [0.15, 0.2) is 53.6 Å². The molecule has 0 atom stereocenters. The van der Waals surface area contributed by atoms with Crippen molar-refractivity contribution in [3.63, 3.8) is 0 Å². The molecule has 0 aliphatic heterocycles. The van der Waals surface area contributed by atoms with Crippen LogP contribution in [0.4, 0.5) is 11.4 Å². The Morgan fingerprint density at radius 3 is 2.80 bits per heavy atom. The highest BCUT2D eigenvalue weighted by Gasteiger charge is 2.16. The number of non-ortho nitro benzene ring substituents is 1. The fourth-order valence-corrected chi connectivity index (χ4v) is 2.34. The van der Waals surface area contributed by atoms with Crippen molar-refractivity contribution in [1.82, 2.24) is 0 Å². The third kappa shape index (κ3) is 2.38. The largest absolute Gasteiger partial charge is 0.278 e. The average Bonchev–Trinajstić information content (AvgIpc) is 2.89. The first-order valence-corrected chi connectivity index (χ1v) is 6.39. The van der Waals surface area contributed by atoms with E-state index in [4.69, 9.17) is 0 Å². The van der Waals surface area contributed by atoms with Gasteiger partial charge >= 0.3 is 0 Å². The van der Waals surface area contributed by atoms with E-state index in [1.165, 1.54) is 17.7 Å². The standard InChI is InChI=1S/C15H13N3O2/c19-18(20)13-6-3-5-12(10-13)16-17-15-9-8-11-4-1-2-7-14(11)15/h1-7,10,16H,8-9H2/b17-15-. The molecule has 0 radical (unpaired) electrons. The predicted octanol–water partition coefficient (Wildman–Crippen LogP) is 3.36. The first kappa shape index (κ1) is 12.3. The minimum atomic E-state index is -0.413. The van der Waals surface area contributed by atoms with Crippen molar-refractivity contribution in [2.75, 3.05) is 5.43 Å². The second-order valence-corrected chi connectivity index (χ2v) is 4.63. The Kier molecular flexibility index (Phi) is 3.16. The molecule has 20 heavy (non-hydrogen) atoms. The summed E-state index contributed by atoms with van der Waals surface area (Å²) >= 11 is 0. The van der Waals surface area contributed by atoms with Crippen molar-refractivity contribution in [2.45, 2.75) is 12.8 Å². The topological polar surface area (TPSA) is 67.5 Å². The highest BCUT2D eigenvalue weighted by atomic mass is 16.6. The van der Waals surface area contributed by atoms with E-state index in [0.717, 1.165) is 24.1 Å². The Bertz CT molecular complexity index is 695. The summed E-state index contributed by atoms with van der Waals surface area (Å²) in [6, 6.07) is 14.5. The van der Waals surface area contributed by atoms with Gasteiger partial charge in [0.25, 0.3) is 5.69 Å². The van der Waals surface area contributed by atoms with Crippen molar-refractivity contribution in [1.29, 1.82) is 0 Å². The zero-order chi connectivity index (χ0) is 13.9. The molecule has 0 saturated carbocycles. The van der Waals surface area contributed by atoms with Gasteiger partial charge < -0.3 is 0 Å². The van der Waals surface area contributed by atoms with Crippen LogP contribution in [0.1, 0.15) is 17.5 Å². The van der Waals surface area contributed by atoms with Crippen LogP contribution in [0, 0.1) is 10.1 Å². The molecule has 0 heterocycles. The molecule has 3 rings (SSSR count). The van der Waals surface area contributed by atoms with E-state index in [0.29, 0.717) is 5.69 Å². The molecule has 2 aromatic rings. The maximum Gasteiger partial charge on any atom is 0.271 e. The average molecular weight is 267 g/mol. The summed E-state index contributed by atoms with van der Waals surface area (Å²) in [4.78, 5) is 10.3. The number of aryl methyl sites for hydroxylation is 1. The van der Waals surface area contributed by atoms with E-state index in [-0.39, 0.29) is 5.69 Å². The van der Waals surface area contributed by atoms with E-state index in [1.54, 1.807) is 12.1 Å². The van der Waals surface area contributed by atoms with Gasteiger partial charge in [0.05, 0.1) is 16.3 Å². The maximum absolute atomic E-state index is 10.7. The number of hydrogen-bond acceptors (Lipinski definition) is 4. The summed E-state index contributed by atoms with van der Waals surface area (Å²) < 4.78 is 0. The van der Waals surface area contributed by atoms with Crippen molar-refractivity contribution >= 4 is 17.1 Å². The van der Waals surface area contributed by atoms with Gasteiger partial charge in [0.1, 0.15) is 0 Å². The van der Waals surface area contributed by atoms with Crippen LogP contribution in [-0.4, -0.2) is 10.6 Å². The number of hydrogen-bond donors (Lipinski definition) is 1. The van der Waals surface area contributed by atoms with Crippen molar-refractivity contribution in [3.05, 3.63) is 69.8 Å². The van der Waals surface area contributed by atoms with E-state index in [1.807, 2.05) is 12.1 Å². The fraction of sp³-hybridized carbons (Fsp3) is 0.133. The lowest BCUT2D eigenvalue weighted by Crippen LogP contribution is -2.00. The number of rotatable bonds is 3. The number of hydrazone groups is 1. The van der Waals surface area contributed by atoms with E-state index in [2.05, 4.69) is 22.7 Å². The number of nitrogens with one attached hydrogen (secondary N) is 1. The molecule has 0 spiro atoms. The highest BCUT2D eigenvalue weighted by Crippen LogP contribution is 2.23. The SMILES string of the molecule is O=[N+]([O-])c1cccc(N/N=C2/CCc3ccccc32)c1. The molecule has 5 nitrogen and oxygen atoms in total. The Balaban J connectivity index is 1.82. The molecule has 0 saturated heterocycles. The molecule has 0 fully saturated rings. The fourth-order valence-electron chi connectivity index (χ4n) is 2.34. The summed E-state index contributed by atoms with van der Waals surface area (Å²) in [5.41, 5.74) is 7.03. The lowest BCUT2D eigenvalue weighted by Gasteiger charge is -2.03. The van der Waals surface area contributed by atoms with Gasteiger partial charge in [0.2, 0.25) is 0 Å². The van der Waals surface area contributed by atoms with E-state index >= 15 is 0 Å². The number of anilines is 1. The summed E-state index contributed by atoms with van der Waals surface area (Å²) in [6.45, 7) is 0. The van der Waals surface area contributed by atoms with Crippen LogP contribution in [0.2, 0.25) is 0 Å². The quantitative estimate of drug-likeness (QED) is 0.685. The smallest absolute Gasteiger partial charge is 0.271 e. The van der Waals surface area contributed by atoms with Crippen LogP contribution in [0.3, 0.4) is 0 Å². The number of fused-ring (bicyclic) bond motifs is 1. The molecule has 0 aromatic heterocycles. The summed E-state index contributed by atoms with van der Waals surface area (Å²) in [7, 11) is 0. The van der Waals surface area contributed by atoms with Gasteiger partial charge in [-0.3, -0.25) is 15.5 Å². The monoisotopic (exact) mass is 267 g/mol. The first-order valence-electron chi connectivity index (χ1n) is 6.39. The minimum absolute atomic E-state index is 0.0574. The third-order valence-corrected chi connectivity index (χ3v) is 3.34. The maximum atomic E-state index is 10.7. The lowest BCUT2D eigenvalue weighted by molar-refractivity contribution is -0.384. The van der Waals surface area contributed by atoms with Crippen molar-refractivity contribution in [2.24, 2.45) is 5.10 Å². The van der Waals surface area contributed by atoms with Gasteiger partial charge in [0.15, 0.2) is 0 Å². The van der Waals surface area contributed by atoms with Crippen LogP contribution in [-0.2, 0) is 6.42 Å². The van der Waals surface area contributed by atoms with Gasteiger partial charge in [-0.2, -0.15) is 5.10 Å². The molecule has 1 aliphatic carbocycles. The molecular formula is C15H13N3O2. The van der Waals surface area contributed by atoms with Gasteiger partial charge in [-0.1, -0.05) is 30.3 Å². The second kappa shape index (κ2) is 5.13. The summed E-state index contributed by atoms with van der Waals surface area (Å²) in [5.74, 6) is 0. The molecule has 1 aliphatic rings. The van der Waals surface area contributed by atoms with Crippen LogP contribution in [0.25, 0.3) is 0 Å². The van der Waals surface area contributed by atoms with Crippen LogP contribution in [0.5, 0.6) is 0 Å². The van der Waals surface area contributed by atoms with Gasteiger partial charge in [-0.25, -0.2) is 0 Å². The molecule has 2 aromatic carbocycles. The molecular weight excluding hydrogens is 254 g/mol. The van der Waals surface area contributed by atoms with Crippen molar-refractivity contribution in [3.8, 4) is 0 Å². The zero-order valence-electron chi connectivity index (χ0n) is 10.7. The molecule has 1 N–H and O–H groups in total. The first-order chi connectivity index (χ1) is 9.74. The van der Waals surface area contributed by atoms with Crippen LogP contribution < -0.4 is 5.43 Å². The van der Waals surface area contributed by atoms with Gasteiger partial charge in [-0.15, -0.1) is 0 Å². The number of nitro benzene ring substituents is 1. The highest BCUT2D eigenvalue weighted by molar-refractivity contribution is 6.04. The van der Waals surface area contributed by atoms with E-state index < -0.39 is 4.92 Å². The lowest BCUT2D eigenvalue weighted by atomic mass is 10.1. The molecule has 5 heteroatoms. The number of benzene rings is 2. The summed E-state index contributed by atoms with van der Waals surface area (Å²) in [5, 5.41) is 15.1. The Hall–Kier alpha value is -2.69. The Morgan fingerprint density at radius 2 is 1.95 bits per heavy atom. The van der Waals surface area contributed by atoms with E-state index in [9.17, 15) is 10.1 Å². The second-order valence-electron chi connectivity index (χ2n) is 4.63. The molecule has 0 bridgehead atoms. The van der Waals surface area contributed by atoms with Gasteiger partial charge in [-0.05, 0) is 24.5 Å². The Morgan fingerprint density at radius 1 is 1.10 bits per heavy atom. The minimum Gasteiger partial charge on any atom is -0.278 e.